The molecule has 2 aliphatic heterocycles. The van der Waals surface area contributed by atoms with Gasteiger partial charge in [-0.2, -0.15) is 0 Å². The monoisotopic (exact) mass is 492 g/mol. The van der Waals surface area contributed by atoms with Crippen molar-refractivity contribution in [1.82, 2.24) is 0 Å². The maximum atomic E-state index is 6.28. The Balaban J connectivity index is 1.08. The number of nitrogens with zero attached hydrogens (tertiary/aromatic N) is 2. The van der Waals surface area contributed by atoms with E-state index in [1.165, 1.54) is 10.9 Å². The Bertz CT molecular complexity index is 1910. The van der Waals surface area contributed by atoms with Gasteiger partial charge < -0.3 is 18.6 Å². The molecule has 5 aromatic rings. The highest BCUT2D eigenvalue weighted by atomic mass is 16.3. The summed E-state index contributed by atoms with van der Waals surface area (Å²) < 4.78 is 12.5. The van der Waals surface area contributed by atoms with Crippen LogP contribution in [0.25, 0.3) is 39.0 Å². The smallest absolute Gasteiger partial charge is 0.159 e. The second-order valence-corrected chi connectivity index (χ2v) is 9.78. The minimum Gasteiger partial charge on any atom is -0.454 e. The number of hydrogen-bond donors (Lipinski definition) is 0. The fourth-order valence-corrected chi connectivity index (χ4v) is 5.68. The van der Waals surface area contributed by atoms with E-state index in [9.17, 15) is 0 Å². The third kappa shape index (κ3) is 3.24. The summed E-state index contributed by atoms with van der Waals surface area (Å²) in [6, 6.07) is 20.9. The Morgan fingerprint density at radius 2 is 1.16 bits per heavy atom. The van der Waals surface area contributed by atoms with E-state index in [0.717, 1.165) is 68.6 Å². The number of anilines is 2. The molecule has 0 saturated heterocycles. The van der Waals surface area contributed by atoms with Crippen LogP contribution in [0.5, 0.6) is 0 Å². The van der Waals surface area contributed by atoms with Gasteiger partial charge in [-0.05, 0) is 72.6 Å². The van der Waals surface area contributed by atoms with E-state index in [1.807, 2.05) is 12.1 Å². The van der Waals surface area contributed by atoms with E-state index >= 15 is 0 Å². The molecule has 0 bridgehead atoms. The minimum absolute atomic E-state index is 0.900. The van der Waals surface area contributed by atoms with Gasteiger partial charge in [0.2, 0.25) is 0 Å². The molecular weight excluding hydrogens is 468 g/mol. The fraction of sp³-hybridized carbons (Fsp3) is 0.0588. The summed E-state index contributed by atoms with van der Waals surface area (Å²) >= 11 is 0. The zero-order chi connectivity index (χ0) is 25.1. The molecule has 0 unspecified atom stereocenters. The van der Waals surface area contributed by atoms with Gasteiger partial charge in [-0.15, -0.1) is 0 Å². The second kappa shape index (κ2) is 8.29. The number of rotatable bonds is 2. The molecule has 38 heavy (non-hydrogen) atoms. The minimum atomic E-state index is 0.900. The number of fused-ring (bicyclic) bond motifs is 6. The van der Waals surface area contributed by atoms with E-state index in [0.29, 0.717) is 0 Å². The van der Waals surface area contributed by atoms with E-state index in [1.54, 1.807) is 0 Å². The fourth-order valence-electron chi connectivity index (χ4n) is 5.68. The molecule has 0 saturated carbocycles. The normalized spacial score (nSPS) is 16.5. The van der Waals surface area contributed by atoms with Gasteiger partial charge in [0.15, 0.2) is 11.2 Å². The van der Waals surface area contributed by atoms with Gasteiger partial charge in [-0.25, -0.2) is 0 Å². The van der Waals surface area contributed by atoms with Gasteiger partial charge in [0.1, 0.15) is 11.3 Å². The van der Waals surface area contributed by atoms with Crippen LogP contribution in [-0.4, -0.2) is 0 Å². The molecule has 2 aromatic heterocycles. The topological polar surface area (TPSA) is 32.8 Å². The molecule has 3 aliphatic rings. The molecule has 4 nitrogen and oxygen atoms in total. The molecule has 0 radical (unpaired) electrons. The Morgan fingerprint density at radius 1 is 0.553 bits per heavy atom. The Morgan fingerprint density at radius 3 is 1.87 bits per heavy atom. The Kier molecular flexibility index (Phi) is 4.61. The largest absolute Gasteiger partial charge is 0.454 e. The molecular formula is C34H24N2O2. The number of allylic oxidation sites excluding steroid dienone is 7. The lowest BCUT2D eigenvalue weighted by Gasteiger charge is -2.22. The van der Waals surface area contributed by atoms with Gasteiger partial charge in [-0.3, -0.25) is 0 Å². The van der Waals surface area contributed by atoms with Crippen molar-refractivity contribution in [2.45, 2.75) is 12.8 Å². The van der Waals surface area contributed by atoms with Gasteiger partial charge >= 0.3 is 0 Å². The summed E-state index contributed by atoms with van der Waals surface area (Å²) in [6.45, 7) is 0. The zero-order valence-corrected chi connectivity index (χ0v) is 20.7. The third-order valence-corrected chi connectivity index (χ3v) is 7.59. The van der Waals surface area contributed by atoms with Crippen LogP contribution in [0.3, 0.4) is 0 Å². The van der Waals surface area contributed by atoms with Crippen LogP contribution < -0.4 is 9.80 Å². The summed E-state index contributed by atoms with van der Waals surface area (Å²) in [4.78, 5) is 4.25. The lowest BCUT2D eigenvalue weighted by molar-refractivity contribution is 0.595. The van der Waals surface area contributed by atoms with Crippen LogP contribution in [-0.2, 0) is 6.42 Å². The van der Waals surface area contributed by atoms with Crippen molar-refractivity contribution in [3.05, 3.63) is 138 Å². The molecule has 8 rings (SSSR count). The van der Waals surface area contributed by atoms with E-state index < -0.39 is 0 Å². The van der Waals surface area contributed by atoms with E-state index in [-0.39, 0.29) is 0 Å². The van der Waals surface area contributed by atoms with Crippen molar-refractivity contribution in [2.75, 3.05) is 9.80 Å². The standard InChI is InChI=1S/C34H24N2O2/c1-3-13-31-25(7-1)27-9-5-11-29(33(27)37-31)35-19-15-23(16-20-35)24-17-21-36(22-18-24)30-12-6-10-28-26-8-2-4-14-32(26)38-34(28)30/h1,3-7,9-22H,2,8H2. The summed E-state index contributed by atoms with van der Waals surface area (Å²) in [5.74, 6) is 0.992. The molecule has 1 aliphatic carbocycles. The van der Waals surface area contributed by atoms with Crippen molar-refractivity contribution >= 4 is 50.4 Å². The van der Waals surface area contributed by atoms with Crippen molar-refractivity contribution in [3.63, 3.8) is 0 Å². The van der Waals surface area contributed by atoms with Crippen LogP contribution >= 0.6 is 0 Å². The molecule has 3 aromatic carbocycles. The molecule has 0 atom stereocenters. The maximum absolute atomic E-state index is 6.28. The Hall–Kier alpha value is -4.96. The van der Waals surface area contributed by atoms with Crippen LogP contribution in [0.1, 0.15) is 17.7 Å². The molecule has 182 valence electrons. The molecule has 0 fully saturated rings. The first-order valence-electron chi connectivity index (χ1n) is 13.0. The SMILES string of the molecule is C1=Cc2oc3c(N4C=CC(=C5C=CN(c6cccc7c6oc6ccccc67)C=C5)C=C4)cccc3c2CC1. The van der Waals surface area contributed by atoms with E-state index in [2.05, 4.69) is 120 Å². The van der Waals surface area contributed by atoms with Crippen molar-refractivity contribution in [2.24, 2.45) is 0 Å². The van der Waals surface area contributed by atoms with Crippen LogP contribution in [0, 0.1) is 0 Å². The number of benzene rings is 3. The summed E-state index contributed by atoms with van der Waals surface area (Å²) in [7, 11) is 0. The lowest BCUT2D eigenvalue weighted by atomic mass is 10.0. The van der Waals surface area contributed by atoms with Gasteiger partial charge in [-0.1, -0.05) is 48.5 Å². The van der Waals surface area contributed by atoms with Crippen LogP contribution in [0.2, 0.25) is 0 Å². The van der Waals surface area contributed by atoms with Crippen LogP contribution in [0.4, 0.5) is 11.4 Å². The molecule has 0 N–H and O–H groups in total. The first-order chi connectivity index (χ1) is 18.8. The summed E-state index contributed by atoms with van der Waals surface area (Å²) in [5, 5.41) is 3.48. The predicted octanol–water partition coefficient (Wildman–Crippen LogP) is 8.98. The van der Waals surface area contributed by atoms with Crippen LogP contribution in [0.15, 0.2) is 136 Å². The zero-order valence-electron chi connectivity index (χ0n) is 20.7. The lowest BCUT2D eigenvalue weighted by Crippen LogP contribution is -2.12. The van der Waals surface area contributed by atoms with Crippen molar-refractivity contribution < 1.29 is 8.83 Å². The number of para-hydroxylation sites is 3. The van der Waals surface area contributed by atoms with Crippen molar-refractivity contribution in [1.29, 1.82) is 0 Å². The first-order valence-corrected chi connectivity index (χ1v) is 13.0. The highest BCUT2D eigenvalue weighted by molar-refractivity contribution is 6.09. The molecule has 0 amide bonds. The summed E-state index contributed by atoms with van der Waals surface area (Å²) in [6.07, 6.45) is 23.4. The highest BCUT2D eigenvalue weighted by Gasteiger charge is 2.19. The maximum Gasteiger partial charge on any atom is 0.159 e. The third-order valence-electron chi connectivity index (χ3n) is 7.59. The van der Waals surface area contributed by atoms with E-state index in [4.69, 9.17) is 8.83 Å². The summed E-state index contributed by atoms with van der Waals surface area (Å²) in [5.41, 5.74) is 8.47. The van der Waals surface area contributed by atoms with Gasteiger partial charge in [0.05, 0.1) is 11.4 Å². The number of furan rings is 2. The Labute approximate surface area is 220 Å². The molecule has 0 spiro atoms. The average Bonchev–Trinajstić information content (AvgIpc) is 3.56. The average molecular weight is 493 g/mol. The first kappa shape index (κ1) is 21.2. The number of hydrogen-bond acceptors (Lipinski definition) is 4. The number of aryl methyl sites for hydroxylation is 1. The van der Waals surface area contributed by atoms with Gasteiger partial charge in [0, 0.05) is 46.5 Å². The second-order valence-electron chi connectivity index (χ2n) is 9.78. The molecule has 4 heteroatoms. The highest BCUT2D eigenvalue weighted by Crippen LogP contribution is 2.38. The molecule has 4 heterocycles. The van der Waals surface area contributed by atoms with Crippen molar-refractivity contribution in [3.8, 4) is 0 Å². The van der Waals surface area contributed by atoms with Gasteiger partial charge in [0.25, 0.3) is 0 Å². The predicted molar refractivity (Wildman–Crippen MR) is 156 cm³/mol. The quantitative estimate of drug-likeness (QED) is 0.246.